The first-order chi connectivity index (χ1) is 12.1. The molecule has 7 heteroatoms. The van der Waals surface area contributed by atoms with Gasteiger partial charge in [-0.05, 0) is 50.4 Å². The quantitative estimate of drug-likeness (QED) is 0.877. The second kappa shape index (κ2) is 6.78. The van der Waals surface area contributed by atoms with Gasteiger partial charge in [-0.2, -0.15) is 5.10 Å². The van der Waals surface area contributed by atoms with Crippen LogP contribution >= 0.6 is 0 Å². The van der Waals surface area contributed by atoms with Crippen molar-refractivity contribution in [1.82, 2.24) is 14.7 Å². The van der Waals surface area contributed by atoms with E-state index in [0.29, 0.717) is 31.0 Å². The Morgan fingerprint density at radius 1 is 1.16 bits per heavy atom. The number of piperidine rings is 1. The SMILES string of the molecule is O=C(O)[C@H]1CC[C@@H](C2CCN(C(=O)c3cnn(CC4CC4)c3)CC2)O1. The lowest BCUT2D eigenvalue weighted by molar-refractivity contribution is -0.150. The summed E-state index contributed by atoms with van der Waals surface area (Å²) in [5.74, 6) is 0.278. The molecule has 3 aliphatic rings. The van der Waals surface area contributed by atoms with Gasteiger partial charge in [0.1, 0.15) is 0 Å². The first-order valence-electron chi connectivity index (χ1n) is 9.30. The highest BCUT2D eigenvalue weighted by Crippen LogP contribution is 2.32. The highest BCUT2D eigenvalue weighted by atomic mass is 16.5. The Hall–Kier alpha value is -1.89. The molecule has 1 saturated carbocycles. The molecule has 1 aromatic heterocycles. The molecule has 4 rings (SSSR count). The van der Waals surface area contributed by atoms with E-state index < -0.39 is 12.1 Å². The van der Waals surface area contributed by atoms with Crippen molar-refractivity contribution < 1.29 is 19.4 Å². The van der Waals surface area contributed by atoms with E-state index in [4.69, 9.17) is 9.84 Å². The molecular weight excluding hydrogens is 322 g/mol. The van der Waals surface area contributed by atoms with Crippen molar-refractivity contribution in [2.75, 3.05) is 13.1 Å². The Bertz CT molecular complexity index is 647. The van der Waals surface area contributed by atoms with Crippen molar-refractivity contribution in [3.8, 4) is 0 Å². The number of rotatable bonds is 5. The van der Waals surface area contributed by atoms with Gasteiger partial charge in [0.15, 0.2) is 6.10 Å². The molecule has 1 aromatic rings. The number of nitrogens with zero attached hydrogens (tertiary/aromatic N) is 3. The monoisotopic (exact) mass is 347 g/mol. The van der Waals surface area contributed by atoms with Crippen LogP contribution in [0.15, 0.2) is 12.4 Å². The highest BCUT2D eigenvalue weighted by molar-refractivity contribution is 5.93. The third-order valence-corrected chi connectivity index (χ3v) is 5.70. The predicted molar refractivity (Wildman–Crippen MR) is 89.1 cm³/mol. The summed E-state index contributed by atoms with van der Waals surface area (Å²) in [6.07, 6.45) is 8.60. The molecule has 0 bridgehead atoms. The molecular formula is C18H25N3O4. The van der Waals surface area contributed by atoms with E-state index in [0.717, 1.165) is 31.7 Å². The fourth-order valence-electron chi connectivity index (χ4n) is 3.99. The second-order valence-corrected chi connectivity index (χ2v) is 7.60. The topological polar surface area (TPSA) is 84.7 Å². The van der Waals surface area contributed by atoms with Gasteiger partial charge < -0.3 is 14.7 Å². The molecule has 1 N–H and O–H groups in total. The lowest BCUT2D eigenvalue weighted by Crippen LogP contribution is -2.41. The van der Waals surface area contributed by atoms with Crippen molar-refractivity contribution in [2.45, 2.75) is 57.3 Å². The zero-order valence-corrected chi connectivity index (χ0v) is 14.3. The van der Waals surface area contributed by atoms with E-state index in [9.17, 15) is 9.59 Å². The molecule has 1 amide bonds. The number of carboxylic acid groups (broad SMARTS) is 1. The largest absolute Gasteiger partial charge is 0.479 e. The Balaban J connectivity index is 1.28. The number of hydrogen-bond acceptors (Lipinski definition) is 4. The van der Waals surface area contributed by atoms with Gasteiger partial charge in [-0.3, -0.25) is 9.48 Å². The number of carboxylic acids is 1. The van der Waals surface area contributed by atoms with Crippen molar-refractivity contribution >= 4 is 11.9 Å². The normalized spacial score (nSPS) is 27.6. The van der Waals surface area contributed by atoms with Crippen LogP contribution in [0.5, 0.6) is 0 Å². The fraction of sp³-hybridized carbons (Fsp3) is 0.722. The molecule has 136 valence electrons. The maximum atomic E-state index is 12.6. The van der Waals surface area contributed by atoms with Gasteiger partial charge in [0.2, 0.25) is 0 Å². The standard InChI is InChI=1S/C18H25N3O4/c22-17(14-9-19-21(11-14)10-12-1-2-12)20-7-5-13(6-8-20)15-3-4-16(25-15)18(23)24/h9,11-13,15-16H,1-8,10H2,(H,23,24)/t15-,16+/m0/s1. The molecule has 2 atom stereocenters. The van der Waals surface area contributed by atoms with Crippen LogP contribution in [0, 0.1) is 11.8 Å². The fourth-order valence-corrected chi connectivity index (χ4v) is 3.99. The number of carbonyl (C=O) groups excluding carboxylic acids is 1. The zero-order valence-electron chi connectivity index (χ0n) is 14.3. The minimum atomic E-state index is -0.863. The van der Waals surface area contributed by atoms with Crippen LogP contribution in [-0.4, -0.2) is 57.0 Å². The number of likely N-dealkylation sites (tertiary alicyclic amines) is 1. The van der Waals surface area contributed by atoms with Crippen LogP contribution in [-0.2, 0) is 16.1 Å². The van der Waals surface area contributed by atoms with Crippen LogP contribution in [0.4, 0.5) is 0 Å². The van der Waals surface area contributed by atoms with E-state index in [1.165, 1.54) is 12.8 Å². The van der Waals surface area contributed by atoms with E-state index in [-0.39, 0.29) is 12.0 Å². The molecule has 3 heterocycles. The molecule has 1 aliphatic carbocycles. The van der Waals surface area contributed by atoms with Crippen molar-refractivity contribution in [3.05, 3.63) is 18.0 Å². The Morgan fingerprint density at radius 2 is 1.92 bits per heavy atom. The summed E-state index contributed by atoms with van der Waals surface area (Å²) in [5, 5.41) is 13.4. The second-order valence-electron chi connectivity index (χ2n) is 7.60. The summed E-state index contributed by atoms with van der Waals surface area (Å²) in [5.41, 5.74) is 0.669. The molecule has 2 aliphatic heterocycles. The third-order valence-electron chi connectivity index (χ3n) is 5.70. The van der Waals surface area contributed by atoms with Crippen molar-refractivity contribution in [1.29, 1.82) is 0 Å². The molecule has 0 spiro atoms. The number of carbonyl (C=O) groups is 2. The Morgan fingerprint density at radius 3 is 2.56 bits per heavy atom. The van der Waals surface area contributed by atoms with E-state index in [1.807, 2.05) is 15.8 Å². The average Bonchev–Trinajstić information content (AvgIpc) is 3.11. The molecule has 0 radical (unpaired) electrons. The number of aliphatic carboxylic acids is 1. The molecule has 7 nitrogen and oxygen atoms in total. The first kappa shape index (κ1) is 16.6. The summed E-state index contributed by atoms with van der Waals surface area (Å²) in [6.45, 7) is 2.32. The summed E-state index contributed by atoms with van der Waals surface area (Å²) in [4.78, 5) is 25.5. The van der Waals surface area contributed by atoms with Gasteiger partial charge in [-0.15, -0.1) is 0 Å². The lowest BCUT2D eigenvalue weighted by atomic mass is 9.89. The van der Waals surface area contributed by atoms with Gasteiger partial charge >= 0.3 is 5.97 Å². The smallest absolute Gasteiger partial charge is 0.332 e. The van der Waals surface area contributed by atoms with Gasteiger partial charge in [0, 0.05) is 25.8 Å². The molecule has 0 aromatic carbocycles. The Kier molecular flexibility index (Phi) is 4.50. The number of ether oxygens (including phenoxy) is 1. The van der Waals surface area contributed by atoms with E-state index in [2.05, 4.69) is 5.10 Å². The number of aromatic nitrogens is 2. The van der Waals surface area contributed by atoms with Gasteiger partial charge in [-0.1, -0.05) is 0 Å². The van der Waals surface area contributed by atoms with Crippen LogP contribution in [0.3, 0.4) is 0 Å². The minimum absolute atomic E-state index is 0.0274. The van der Waals surface area contributed by atoms with Crippen molar-refractivity contribution in [2.24, 2.45) is 11.8 Å². The molecule has 2 saturated heterocycles. The predicted octanol–water partition coefficient (Wildman–Crippen LogP) is 1.78. The van der Waals surface area contributed by atoms with E-state index in [1.54, 1.807) is 6.20 Å². The molecule has 3 fully saturated rings. The van der Waals surface area contributed by atoms with Crippen LogP contribution in [0.25, 0.3) is 0 Å². The minimum Gasteiger partial charge on any atom is -0.479 e. The van der Waals surface area contributed by atoms with Gasteiger partial charge in [0.05, 0.1) is 17.9 Å². The van der Waals surface area contributed by atoms with Crippen LogP contribution in [0.2, 0.25) is 0 Å². The van der Waals surface area contributed by atoms with Gasteiger partial charge in [0.25, 0.3) is 5.91 Å². The summed E-state index contributed by atoms with van der Waals surface area (Å²) in [7, 11) is 0. The summed E-state index contributed by atoms with van der Waals surface area (Å²) >= 11 is 0. The highest BCUT2D eigenvalue weighted by Gasteiger charge is 2.37. The third kappa shape index (κ3) is 3.71. The zero-order chi connectivity index (χ0) is 17.4. The summed E-state index contributed by atoms with van der Waals surface area (Å²) in [6, 6.07) is 0. The molecule has 25 heavy (non-hydrogen) atoms. The Labute approximate surface area is 146 Å². The maximum Gasteiger partial charge on any atom is 0.332 e. The van der Waals surface area contributed by atoms with Crippen LogP contribution < -0.4 is 0 Å². The van der Waals surface area contributed by atoms with E-state index >= 15 is 0 Å². The van der Waals surface area contributed by atoms with Crippen LogP contribution in [0.1, 0.15) is 48.9 Å². The van der Waals surface area contributed by atoms with Gasteiger partial charge in [-0.25, -0.2) is 4.79 Å². The van der Waals surface area contributed by atoms with Crippen molar-refractivity contribution in [3.63, 3.8) is 0 Å². The lowest BCUT2D eigenvalue weighted by Gasteiger charge is -2.34. The number of hydrogen-bond donors (Lipinski definition) is 1. The molecule has 0 unspecified atom stereocenters. The number of amides is 1. The average molecular weight is 347 g/mol. The first-order valence-corrected chi connectivity index (χ1v) is 9.30. The summed E-state index contributed by atoms with van der Waals surface area (Å²) < 4.78 is 7.56. The maximum absolute atomic E-state index is 12.6.